The maximum absolute atomic E-state index is 13.2. The Balaban J connectivity index is 4.50. The summed E-state index contributed by atoms with van der Waals surface area (Å²) in [4.78, 5) is 22.5. The first-order chi connectivity index (χ1) is 12.4. The van der Waals surface area contributed by atoms with Crippen LogP contribution in [0.4, 0.5) is 26.3 Å². The van der Waals surface area contributed by atoms with E-state index in [1.807, 2.05) is 32.7 Å². The van der Waals surface area contributed by atoms with Crippen molar-refractivity contribution in [1.29, 1.82) is 0 Å². The first kappa shape index (κ1) is 26.7. The van der Waals surface area contributed by atoms with Crippen LogP contribution in [0.2, 0.25) is 38.8 Å². The second kappa shape index (κ2) is 9.92. The minimum atomic E-state index is -6.14. The minimum absolute atomic E-state index is 0.0453. The van der Waals surface area contributed by atoms with E-state index >= 15 is 0 Å². The van der Waals surface area contributed by atoms with Crippen LogP contribution in [0.15, 0.2) is 12.2 Å². The van der Waals surface area contributed by atoms with Crippen LogP contribution >= 0.6 is 0 Å². The van der Waals surface area contributed by atoms with Gasteiger partial charge in [0.05, 0.1) is 6.61 Å². The Bertz CT molecular complexity index is 574. The fourth-order valence-electron chi connectivity index (χ4n) is 2.14. The van der Waals surface area contributed by atoms with Crippen LogP contribution in [-0.4, -0.2) is 53.6 Å². The van der Waals surface area contributed by atoms with Crippen molar-refractivity contribution in [2.75, 3.05) is 6.61 Å². The third-order valence-corrected chi connectivity index (χ3v) is 9.24. The molecular weight excluding hydrogens is 430 g/mol. The predicted octanol–water partition coefficient (Wildman–Crippen LogP) is 4.57. The number of hydrogen-bond acceptors (Lipinski definition) is 5. The quantitative estimate of drug-likeness (QED) is 0.159. The van der Waals surface area contributed by atoms with E-state index in [2.05, 4.69) is 4.74 Å². The van der Waals surface area contributed by atoms with E-state index in [1.165, 1.54) is 0 Å². The van der Waals surface area contributed by atoms with Gasteiger partial charge >= 0.3 is 30.4 Å². The molecule has 0 aliphatic carbocycles. The van der Waals surface area contributed by atoms with E-state index in [9.17, 15) is 35.9 Å². The number of carbonyl (C=O) groups is 2. The van der Waals surface area contributed by atoms with Crippen molar-refractivity contribution in [3.63, 3.8) is 0 Å². The lowest BCUT2D eigenvalue weighted by molar-refractivity contribution is -0.354. The molecule has 13 heteroatoms. The van der Waals surface area contributed by atoms with Gasteiger partial charge in [-0.15, -0.1) is 0 Å². The zero-order chi connectivity index (χ0) is 22.4. The Labute approximate surface area is 161 Å². The van der Waals surface area contributed by atoms with E-state index in [1.54, 1.807) is 0 Å². The van der Waals surface area contributed by atoms with Gasteiger partial charge in [-0.3, -0.25) is 0 Å². The van der Waals surface area contributed by atoms with Gasteiger partial charge < -0.3 is 13.6 Å². The molecule has 0 bridgehead atoms. The summed E-state index contributed by atoms with van der Waals surface area (Å²) < 4.78 is 88.5. The Morgan fingerprint density at radius 1 is 0.964 bits per heavy atom. The summed E-state index contributed by atoms with van der Waals surface area (Å²) in [5.41, 5.74) is 0. The topological polar surface area (TPSA) is 61.8 Å². The maximum Gasteiger partial charge on any atom is 0.466 e. The van der Waals surface area contributed by atoms with E-state index in [0.717, 1.165) is 0 Å². The predicted molar refractivity (Wildman–Crippen MR) is 93.4 cm³/mol. The van der Waals surface area contributed by atoms with Crippen LogP contribution in [0.5, 0.6) is 0 Å². The van der Waals surface area contributed by atoms with Crippen molar-refractivity contribution in [3.05, 3.63) is 12.2 Å². The molecule has 28 heavy (non-hydrogen) atoms. The molecule has 0 aromatic heterocycles. The number of rotatable bonds is 10. The number of esters is 2. The number of ether oxygens (including phenoxy) is 2. The summed E-state index contributed by atoms with van der Waals surface area (Å²) in [6.45, 7) is 10.1. The largest absolute Gasteiger partial charge is 0.466 e. The lowest BCUT2D eigenvalue weighted by atomic mass is 10.3. The van der Waals surface area contributed by atoms with Crippen LogP contribution in [0.3, 0.4) is 0 Å². The Morgan fingerprint density at radius 2 is 1.46 bits per heavy atom. The lowest BCUT2D eigenvalue weighted by Crippen LogP contribution is -2.50. The van der Waals surface area contributed by atoms with Crippen molar-refractivity contribution in [3.8, 4) is 0 Å². The summed E-state index contributed by atoms with van der Waals surface area (Å²) in [6.07, 6.45) is -9.88. The molecule has 0 aliphatic heterocycles. The van der Waals surface area contributed by atoms with Gasteiger partial charge in [-0.05, 0) is 45.2 Å². The summed E-state index contributed by atoms with van der Waals surface area (Å²) in [5.74, 6) is -8.68. The van der Waals surface area contributed by atoms with E-state index < -0.39 is 47.0 Å². The number of hydrogen-bond donors (Lipinski definition) is 0. The molecule has 0 rings (SSSR count). The zero-order valence-corrected chi connectivity index (χ0v) is 18.2. The third kappa shape index (κ3) is 9.73. The molecule has 0 amide bonds. The molecule has 5 nitrogen and oxygen atoms in total. The standard InChI is InChI=1S/C15H24F6O5Si2/c1-27(2,3)26-28(4,5)10-6-9-24-11(22)7-8-12(23)25-14(18,13(16)17)15(19,20)21/h7-8,13H,6,9-10H2,1-5H3. The molecule has 0 fully saturated rings. The van der Waals surface area contributed by atoms with Crippen LogP contribution < -0.4 is 0 Å². The van der Waals surface area contributed by atoms with Crippen molar-refractivity contribution in [2.24, 2.45) is 0 Å². The Kier molecular flexibility index (Phi) is 9.44. The number of halogens is 6. The summed E-state index contributed by atoms with van der Waals surface area (Å²) >= 11 is 0. The lowest BCUT2D eigenvalue weighted by Gasteiger charge is -2.31. The molecule has 0 saturated carbocycles. The highest BCUT2D eigenvalue weighted by Crippen LogP contribution is 2.40. The Morgan fingerprint density at radius 3 is 1.89 bits per heavy atom. The second-order valence-electron chi connectivity index (χ2n) is 7.44. The molecule has 0 N–H and O–H groups in total. The molecular formula is C15H24F6O5Si2. The van der Waals surface area contributed by atoms with Crippen molar-refractivity contribution < 1.29 is 49.5 Å². The highest BCUT2D eigenvalue weighted by Gasteiger charge is 2.66. The Hall–Kier alpha value is -1.35. The second-order valence-corrected chi connectivity index (χ2v) is 16.5. The maximum atomic E-state index is 13.2. The first-order valence-electron chi connectivity index (χ1n) is 8.21. The minimum Gasteiger partial charge on any atom is -0.463 e. The van der Waals surface area contributed by atoms with Gasteiger partial charge in [-0.2, -0.15) is 17.6 Å². The van der Waals surface area contributed by atoms with E-state index in [4.69, 9.17) is 8.85 Å². The van der Waals surface area contributed by atoms with E-state index in [-0.39, 0.29) is 12.7 Å². The normalized spacial score (nSPS) is 15.6. The van der Waals surface area contributed by atoms with Gasteiger partial charge in [0, 0.05) is 12.2 Å². The first-order valence-corrected chi connectivity index (χ1v) is 14.7. The molecule has 0 aliphatic rings. The van der Waals surface area contributed by atoms with E-state index in [0.29, 0.717) is 18.5 Å². The van der Waals surface area contributed by atoms with Crippen molar-refractivity contribution in [1.82, 2.24) is 0 Å². The van der Waals surface area contributed by atoms with Crippen LogP contribution in [0.1, 0.15) is 6.42 Å². The molecule has 0 aromatic carbocycles. The summed E-state index contributed by atoms with van der Waals surface area (Å²) in [5, 5.41) is 0. The number of alkyl halides is 6. The molecule has 0 heterocycles. The smallest absolute Gasteiger partial charge is 0.463 e. The highest BCUT2D eigenvalue weighted by atomic mass is 28.4. The average Bonchev–Trinajstić information content (AvgIpc) is 2.45. The van der Waals surface area contributed by atoms with Gasteiger partial charge in [-0.25, -0.2) is 18.4 Å². The SMILES string of the molecule is C[Si](C)(C)O[Si](C)(C)CCCOC(=O)C=CC(=O)OC(F)(C(F)F)C(F)(F)F. The molecule has 1 atom stereocenters. The summed E-state index contributed by atoms with van der Waals surface area (Å²) in [7, 11) is -3.66. The molecule has 0 aromatic rings. The van der Waals surface area contributed by atoms with Gasteiger partial charge in [0.15, 0.2) is 16.6 Å². The van der Waals surface area contributed by atoms with Crippen LogP contribution in [0, 0.1) is 0 Å². The molecule has 0 spiro atoms. The van der Waals surface area contributed by atoms with Gasteiger partial charge in [0.2, 0.25) is 0 Å². The van der Waals surface area contributed by atoms with Crippen molar-refractivity contribution in [2.45, 2.75) is 63.7 Å². The molecule has 0 radical (unpaired) electrons. The molecule has 164 valence electrons. The van der Waals surface area contributed by atoms with Gasteiger partial charge in [0.25, 0.3) is 0 Å². The monoisotopic (exact) mass is 454 g/mol. The van der Waals surface area contributed by atoms with Crippen molar-refractivity contribution >= 4 is 28.6 Å². The summed E-state index contributed by atoms with van der Waals surface area (Å²) in [6, 6.07) is 0.681. The fraction of sp³-hybridized carbons (Fsp3) is 0.733. The fourth-order valence-corrected chi connectivity index (χ4v) is 10.2. The molecule has 1 unspecified atom stereocenters. The molecule has 0 saturated heterocycles. The zero-order valence-electron chi connectivity index (χ0n) is 16.2. The number of carbonyl (C=O) groups excluding carboxylic acids is 2. The van der Waals surface area contributed by atoms with Gasteiger partial charge in [0.1, 0.15) is 0 Å². The van der Waals surface area contributed by atoms with Crippen LogP contribution in [-0.2, 0) is 23.2 Å². The average molecular weight is 455 g/mol. The van der Waals surface area contributed by atoms with Gasteiger partial charge in [-0.1, -0.05) is 0 Å². The third-order valence-electron chi connectivity index (χ3n) is 3.02. The highest BCUT2D eigenvalue weighted by molar-refractivity contribution is 6.84. The van der Waals surface area contributed by atoms with Crippen LogP contribution in [0.25, 0.3) is 0 Å².